The molecule has 0 aliphatic heterocycles. The van der Waals surface area contributed by atoms with E-state index in [4.69, 9.17) is 0 Å². The van der Waals surface area contributed by atoms with Crippen LogP contribution >= 0.6 is 11.3 Å². The van der Waals surface area contributed by atoms with Gasteiger partial charge in [0, 0.05) is 17.1 Å². The van der Waals surface area contributed by atoms with Crippen LogP contribution in [0.25, 0.3) is 11.0 Å². The third kappa shape index (κ3) is 4.51. The number of hydrogen-bond acceptors (Lipinski definition) is 5. The Morgan fingerprint density at radius 1 is 1.13 bits per heavy atom. The van der Waals surface area contributed by atoms with Crippen molar-refractivity contribution in [2.24, 2.45) is 0 Å². The van der Waals surface area contributed by atoms with Gasteiger partial charge in [-0.3, -0.25) is 9.20 Å². The molecule has 31 heavy (non-hydrogen) atoms. The molecule has 6 nitrogen and oxygen atoms in total. The topological polar surface area (TPSA) is 80.5 Å². The summed E-state index contributed by atoms with van der Waals surface area (Å²) in [6.07, 6.45) is 4.84. The number of fused-ring (bicyclic) bond motifs is 1. The molecule has 158 valence electrons. The molecule has 2 aromatic heterocycles. The van der Waals surface area contributed by atoms with E-state index in [0.29, 0.717) is 5.69 Å². The van der Waals surface area contributed by atoms with Gasteiger partial charge in [0.2, 0.25) is 15.8 Å². The lowest BCUT2D eigenvalue weighted by molar-refractivity contribution is 0.104. The lowest BCUT2D eigenvalue weighted by Crippen LogP contribution is -2.23. The molecule has 2 aromatic carbocycles. The molecule has 4 rings (SSSR count). The van der Waals surface area contributed by atoms with E-state index in [-0.39, 0.29) is 17.2 Å². The third-order valence-corrected chi connectivity index (χ3v) is 7.46. The van der Waals surface area contributed by atoms with Crippen LogP contribution in [0.5, 0.6) is 0 Å². The second-order valence-electron chi connectivity index (χ2n) is 7.09. The van der Waals surface area contributed by atoms with E-state index < -0.39 is 10.0 Å². The summed E-state index contributed by atoms with van der Waals surface area (Å²) >= 11 is 1.56. The van der Waals surface area contributed by atoms with E-state index in [1.807, 2.05) is 42.5 Å². The lowest BCUT2D eigenvalue weighted by atomic mass is 10.1. The van der Waals surface area contributed by atoms with Gasteiger partial charge < -0.3 is 0 Å². The molecular weight excluding hydrogens is 430 g/mol. The van der Waals surface area contributed by atoms with Crippen molar-refractivity contribution in [1.82, 2.24) is 14.1 Å². The van der Waals surface area contributed by atoms with Crippen LogP contribution in [0.3, 0.4) is 0 Å². The molecule has 0 bridgehead atoms. The molecule has 0 aliphatic rings. The summed E-state index contributed by atoms with van der Waals surface area (Å²) in [5, 5.41) is 0. The molecule has 4 aromatic rings. The normalized spacial score (nSPS) is 12.1. The van der Waals surface area contributed by atoms with Crippen LogP contribution in [0.2, 0.25) is 0 Å². The van der Waals surface area contributed by atoms with Crippen molar-refractivity contribution in [3.05, 3.63) is 94.3 Å². The fourth-order valence-electron chi connectivity index (χ4n) is 3.20. The average molecular weight is 452 g/mol. The maximum absolute atomic E-state index is 12.7. The molecule has 0 aliphatic carbocycles. The minimum atomic E-state index is -3.58. The minimum absolute atomic E-state index is 0.136. The molecule has 0 radical (unpaired) electrons. The van der Waals surface area contributed by atoms with Crippen molar-refractivity contribution in [2.45, 2.75) is 25.3 Å². The first-order chi connectivity index (χ1) is 14.8. The van der Waals surface area contributed by atoms with E-state index in [1.165, 1.54) is 6.08 Å². The van der Waals surface area contributed by atoms with Gasteiger partial charge in [0.15, 0.2) is 4.96 Å². The third-order valence-electron chi connectivity index (χ3n) is 4.97. The standard InChI is InChI=1S/C23H21N3O3S2/c1-16-17(2)30-23-24-15-21(26(16)23)22(27)12-11-18-7-6-8-19(13-18)14-25-31(28,29)20-9-4-3-5-10-20/h3-13,15,25H,14H2,1-2H3. The molecule has 1 N–H and O–H groups in total. The number of hydrogen-bond donors (Lipinski definition) is 1. The van der Waals surface area contributed by atoms with Gasteiger partial charge in [-0.2, -0.15) is 0 Å². The van der Waals surface area contributed by atoms with Crippen LogP contribution in [-0.2, 0) is 16.6 Å². The van der Waals surface area contributed by atoms with E-state index in [1.54, 1.807) is 53.9 Å². The number of imidazole rings is 1. The highest BCUT2D eigenvalue weighted by Gasteiger charge is 2.15. The number of carbonyl (C=O) groups excluding carboxylic acids is 1. The number of nitrogens with zero attached hydrogens (tertiary/aromatic N) is 2. The second-order valence-corrected chi connectivity index (χ2v) is 10.0. The van der Waals surface area contributed by atoms with Gasteiger partial charge in [-0.1, -0.05) is 48.5 Å². The minimum Gasteiger partial charge on any atom is -0.288 e. The fraction of sp³-hybridized carbons (Fsp3) is 0.130. The summed E-state index contributed by atoms with van der Waals surface area (Å²) in [7, 11) is -3.58. The number of carbonyl (C=O) groups is 1. The molecule has 0 amide bonds. The zero-order chi connectivity index (χ0) is 22.0. The molecule has 8 heteroatoms. The maximum atomic E-state index is 12.7. The molecule has 0 unspecified atom stereocenters. The molecule has 2 heterocycles. The van der Waals surface area contributed by atoms with Crippen molar-refractivity contribution in [3.8, 4) is 0 Å². The largest absolute Gasteiger partial charge is 0.288 e. The molecule has 0 saturated heterocycles. The van der Waals surface area contributed by atoms with Crippen molar-refractivity contribution >= 4 is 38.2 Å². The number of aryl methyl sites for hydroxylation is 2. The Morgan fingerprint density at radius 3 is 2.68 bits per heavy atom. The summed E-state index contributed by atoms with van der Waals surface area (Å²) in [5.41, 5.74) is 3.15. The van der Waals surface area contributed by atoms with Crippen LogP contribution in [0.15, 0.2) is 71.8 Å². The first-order valence-electron chi connectivity index (χ1n) is 9.65. The highest BCUT2D eigenvalue weighted by molar-refractivity contribution is 7.89. The summed E-state index contributed by atoms with van der Waals surface area (Å²) in [5.74, 6) is -0.136. The predicted molar refractivity (Wildman–Crippen MR) is 123 cm³/mol. The van der Waals surface area contributed by atoms with Crippen LogP contribution in [0, 0.1) is 13.8 Å². The zero-order valence-corrected chi connectivity index (χ0v) is 18.7. The van der Waals surface area contributed by atoms with Crippen molar-refractivity contribution in [2.75, 3.05) is 0 Å². The molecule has 0 spiro atoms. The Hall–Kier alpha value is -3.07. The average Bonchev–Trinajstić information content (AvgIpc) is 3.31. The fourth-order valence-corrected chi connectivity index (χ4v) is 5.18. The van der Waals surface area contributed by atoms with Crippen LogP contribution in [-0.4, -0.2) is 23.6 Å². The lowest BCUT2D eigenvalue weighted by Gasteiger charge is -2.07. The van der Waals surface area contributed by atoms with Gasteiger partial charge in [0.05, 0.1) is 11.1 Å². The summed E-state index contributed by atoms with van der Waals surface area (Å²) in [4.78, 5) is 19.2. The Balaban J connectivity index is 1.48. The Bertz CT molecular complexity index is 1380. The van der Waals surface area contributed by atoms with Gasteiger partial charge >= 0.3 is 0 Å². The number of ketones is 1. The number of thiazole rings is 1. The van der Waals surface area contributed by atoms with Crippen LogP contribution < -0.4 is 4.72 Å². The van der Waals surface area contributed by atoms with Gasteiger partial charge in [-0.25, -0.2) is 18.1 Å². The monoisotopic (exact) mass is 451 g/mol. The first kappa shape index (κ1) is 21.2. The predicted octanol–water partition coefficient (Wildman–Crippen LogP) is 4.39. The van der Waals surface area contributed by atoms with Crippen molar-refractivity contribution in [3.63, 3.8) is 0 Å². The Labute approximate surface area is 184 Å². The number of sulfonamides is 1. The Morgan fingerprint density at radius 2 is 1.90 bits per heavy atom. The van der Waals surface area contributed by atoms with E-state index in [2.05, 4.69) is 9.71 Å². The van der Waals surface area contributed by atoms with Gasteiger partial charge in [-0.15, -0.1) is 11.3 Å². The van der Waals surface area contributed by atoms with Crippen LogP contribution in [0.4, 0.5) is 0 Å². The van der Waals surface area contributed by atoms with Gasteiger partial charge in [0.1, 0.15) is 5.69 Å². The highest BCUT2D eigenvalue weighted by atomic mass is 32.2. The Kier molecular flexibility index (Phi) is 5.86. The quantitative estimate of drug-likeness (QED) is 0.334. The summed E-state index contributed by atoms with van der Waals surface area (Å²) in [6, 6.07) is 15.6. The number of benzene rings is 2. The van der Waals surface area contributed by atoms with Crippen molar-refractivity contribution < 1.29 is 13.2 Å². The SMILES string of the molecule is Cc1sc2ncc(C(=O)C=Cc3cccc(CNS(=O)(=O)c4ccccc4)c3)n2c1C. The number of rotatable bonds is 7. The van der Waals surface area contributed by atoms with Crippen molar-refractivity contribution in [1.29, 1.82) is 0 Å². The smallest absolute Gasteiger partial charge is 0.240 e. The maximum Gasteiger partial charge on any atom is 0.240 e. The van der Waals surface area contributed by atoms with E-state index in [0.717, 1.165) is 26.7 Å². The highest BCUT2D eigenvalue weighted by Crippen LogP contribution is 2.23. The van der Waals surface area contributed by atoms with E-state index >= 15 is 0 Å². The van der Waals surface area contributed by atoms with Gasteiger partial charge in [0.25, 0.3) is 0 Å². The summed E-state index contributed by atoms with van der Waals surface area (Å²) in [6.45, 7) is 4.14. The first-order valence-corrected chi connectivity index (χ1v) is 11.9. The molecule has 0 atom stereocenters. The van der Waals surface area contributed by atoms with Gasteiger partial charge in [-0.05, 0) is 43.2 Å². The zero-order valence-electron chi connectivity index (χ0n) is 17.1. The molecule has 0 saturated carbocycles. The van der Waals surface area contributed by atoms with Crippen LogP contribution in [0.1, 0.15) is 32.2 Å². The summed E-state index contributed by atoms with van der Waals surface area (Å²) < 4.78 is 29.3. The number of allylic oxidation sites excluding steroid dienone is 1. The van der Waals surface area contributed by atoms with E-state index in [9.17, 15) is 13.2 Å². The number of aromatic nitrogens is 2. The molecular formula is C23H21N3O3S2. The number of nitrogens with one attached hydrogen (secondary N) is 1. The molecule has 0 fully saturated rings. The second kappa shape index (κ2) is 8.58.